The van der Waals surface area contributed by atoms with Gasteiger partial charge in [0, 0.05) is 22.3 Å². The smallest absolute Gasteiger partial charge is 0.170 e. The molecule has 5 heteroatoms. The molecule has 0 aromatic heterocycles. The molecular formula is C16H18BrN3O. The Hall–Kier alpha value is -2.01. The first-order chi connectivity index (χ1) is 10.1. The molecule has 21 heavy (non-hydrogen) atoms. The summed E-state index contributed by atoms with van der Waals surface area (Å²) in [5.74, 6) is 0.120. The van der Waals surface area contributed by atoms with Crippen LogP contribution in [0.1, 0.15) is 23.6 Å². The number of nitrogens with two attached hydrogens (primary N) is 1. The Morgan fingerprint density at radius 2 is 2.10 bits per heavy atom. The van der Waals surface area contributed by atoms with Gasteiger partial charge in [0.1, 0.15) is 0 Å². The standard InChI is InChI=1S/C16H18BrN3O/c1-2-12-9-14(17)6-7-15(12)19-10-11-4-3-5-13(8-11)16(18)20-21/h3-9,19,21H,2,10H2,1H3,(H2,18,20). The maximum atomic E-state index is 8.72. The Kier molecular flexibility index (Phi) is 5.22. The molecule has 0 aliphatic rings. The summed E-state index contributed by atoms with van der Waals surface area (Å²) in [6.45, 7) is 2.81. The highest BCUT2D eigenvalue weighted by Crippen LogP contribution is 2.22. The van der Waals surface area contributed by atoms with Crippen molar-refractivity contribution in [2.75, 3.05) is 5.32 Å². The van der Waals surface area contributed by atoms with E-state index < -0.39 is 0 Å². The molecule has 0 saturated heterocycles. The minimum Gasteiger partial charge on any atom is -0.409 e. The second kappa shape index (κ2) is 7.13. The van der Waals surface area contributed by atoms with Crippen LogP contribution in [0.3, 0.4) is 0 Å². The summed E-state index contributed by atoms with van der Waals surface area (Å²) in [6, 6.07) is 13.8. The molecule has 0 spiro atoms. The molecule has 4 nitrogen and oxygen atoms in total. The number of hydrogen-bond donors (Lipinski definition) is 3. The topological polar surface area (TPSA) is 70.6 Å². The quantitative estimate of drug-likeness (QED) is 0.334. The Bertz CT molecular complexity index is 656. The molecule has 2 rings (SSSR count). The van der Waals surface area contributed by atoms with Crippen molar-refractivity contribution in [2.24, 2.45) is 10.9 Å². The Morgan fingerprint density at radius 1 is 1.29 bits per heavy atom. The first kappa shape index (κ1) is 15.4. The van der Waals surface area contributed by atoms with Gasteiger partial charge in [0.25, 0.3) is 0 Å². The maximum absolute atomic E-state index is 8.72. The average molecular weight is 348 g/mol. The molecule has 0 fully saturated rings. The highest BCUT2D eigenvalue weighted by Gasteiger charge is 2.03. The number of halogens is 1. The molecule has 0 unspecified atom stereocenters. The van der Waals surface area contributed by atoms with Crippen LogP contribution >= 0.6 is 15.9 Å². The lowest BCUT2D eigenvalue weighted by Crippen LogP contribution is -2.13. The molecule has 0 atom stereocenters. The van der Waals surface area contributed by atoms with E-state index in [1.54, 1.807) is 0 Å². The van der Waals surface area contributed by atoms with Crippen LogP contribution in [-0.2, 0) is 13.0 Å². The third kappa shape index (κ3) is 3.98. The Balaban J connectivity index is 2.13. The molecule has 4 N–H and O–H groups in total. The summed E-state index contributed by atoms with van der Waals surface area (Å²) in [5.41, 5.74) is 9.77. The molecule has 0 aliphatic carbocycles. The van der Waals surface area contributed by atoms with E-state index in [0.29, 0.717) is 12.1 Å². The van der Waals surface area contributed by atoms with Crippen LogP contribution in [0, 0.1) is 0 Å². The van der Waals surface area contributed by atoms with E-state index in [-0.39, 0.29) is 5.84 Å². The van der Waals surface area contributed by atoms with E-state index in [1.807, 2.05) is 30.3 Å². The van der Waals surface area contributed by atoms with E-state index >= 15 is 0 Å². The highest BCUT2D eigenvalue weighted by atomic mass is 79.9. The molecular weight excluding hydrogens is 330 g/mol. The Morgan fingerprint density at radius 3 is 2.81 bits per heavy atom. The highest BCUT2D eigenvalue weighted by molar-refractivity contribution is 9.10. The predicted octanol–water partition coefficient (Wildman–Crippen LogP) is 3.72. The largest absolute Gasteiger partial charge is 0.409 e. The molecule has 110 valence electrons. The summed E-state index contributed by atoms with van der Waals surface area (Å²) in [7, 11) is 0. The van der Waals surface area contributed by atoms with Crippen molar-refractivity contribution in [2.45, 2.75) is 19.9 Å². The second-order valence-electron chi connectivity index (χ2n) is 4.69. The van der Waals surface area contributed by atoms with Crippen LogP contribution in [-0.4, -0.2) is 11.0 Å². The molecule has 0 aliphatic heterocycles. The van der Waals surface area contributed by atoms with Gasteiger partial charge in [-0.05, 0) is 41.8 Å². The number of rotatable bonds is 5. The monoisotopic (exact) mass is 347 g/mol. The first-order valence-corrected chi connectivity index (χ1v) is 7.52. The van der Waals surface area contributed by atoms with Gasteiger partial charge in [-0.3, -0.25) is 0 Å². The second-order valence-corrected chi connectivity index (χ2v) is 5.61. The summed E-state index contributed by atoms with van der Waals surface area (Å²) in [4.78, 5) is 0. The molecule has 0 saturated carbocycles. The fourth-order valence-corrected chi connectivity index (χ4v) is 2.53. The zero-order chi connectivity index (χ0) is 15.2. The third-order valence-electron chi connectivity index (χ3n) is 3.26. The van der Waals surface area contributed by atoms with E-state index in [9.17, 15) is 0 Å². The van der Waals surface area contributed by atoms with Crippen LogP contribution in [0.2, 0.25) is 0 Å². The van der Waals surface area contributed by atoms with Gasteiger partial charge in [-0.2, -0.15) is 0 Å². The number of amidine groups is 1. The molecule has 2 aromatic carbocycles. The van der Waals surface area contributed by atoms with E-state index in [1.165, 1.54) is 5.56 Å². The lowest BCUT2D eigenvalue weighted by atomic mass is 10.1. The third-order valence-corrected chi connectivity index (χ3v) is 3.75. The number of nitrogens with zero attached hydrogens (tertiary/aromatic N) is 1. The van der Waals surface area contributed by atoms with Crippen molar-refractivity contribution in [1.82, 2.24) is 0 Å². The van der Waals surface area contributed by atoms with E-state index in [2.05, 4.69) is 45.5 Å². The van der Waals surface area contributed by atoms with Gasteiger partial charge in [-0.15, -0.1) is 0 Å². The van der Waals surface area contributed by atoms with Gasteiger partial charge < -0.3 is 16.3 Å². The van der Waals surface area contributed by atoms with Crippen LogP contribution in [0.25, 0.3) is 0 Å². The summed E-state index contributed by atoms with van der Waals surface area (Å²) in [6.07, 6.45) is 0.964. The van der Waals surface area contributed by atoms with Gasteiger partial charge in [0.05, 0.1) is 0 Å². The normalized spacial score (nSPS) is 11.4. The predicted molar refractivity (Wildman–Crippen MR) is 89.8 cm³/mol. The van der Waals surface area contributed by atoms with Crippen LogP contribution in [0.4, 0.5) is 5.69 Å². The zero-order valence-corrected chi connectivity index (χ0v) is 13.4. The number of nitrogens with one attached hydrogen (secondary N) is 1. The molecule has 0 bridgehead atoms. The molecule has 2 aromatic rings. The molecule has 0 radical (unpaired) electrons. The van der Waals surface area contributed by atoms with E-state index in [4.69, 9.17) is 10.9 Å². The maximum Gasteiger partial charge on any atom is 0.170 e. The minimum absolute atomic E-state index is 0.120. The molecule has 0 heterocycles. The number of oxime groups is 1. The number of anilines is 1. The lowest BCUT2D eigenvalue weighted by molar-refractivity contribution is 0.318. The van der Waals surface area contributed by atoms with Crippen molar-refractivity contribution in [3.8, 4) is 0 Å². The van der Waals surface area contributed by atoms with E-state index in [0.717, 1.165) is 22.1 Å². The van der Waals surface area contributed by atoms with Crippen LogP contribution in [0.5, 0.6) is 0 Å². The Labute approximate surface area is 132 Å². The zero-order valence-electron chi connectivity index (χ0n) is 11.8. The van der Waals surface area contributed by atoms with Crippen LogP contribution < -0.4 is 11.1 Å². The lowest BCUT2D eigenvalue weighted by Gasteiger charge is -2.12. The van der Waals surface area contributed by atoms with Gasteiger partial charge in [-0.1, -0.05) is 46.2 Å². The number of hydrogen-bond acceptors (Lipinski definition) is 3. The fraction of sp³-hybridized carbons (Fsp3) is 0.188. The van der Waals surface area contributed by atoms with Crippen molar-refractivity contribution >= 4 is 27.5 Å². The van der Waals surface area contributed by atoms with Gasteiger partial charge in [-0.25, -0.2) is 0 Å². The van der Waals surface area contributed by atoms with Gasteiger partial charge >= 0.3 is 0 Å². The summed E-state index contributed by atoms with van der Waals surface area (Å²) < 4.78 is 1.08. The van der Waals surface area contributed by atoms with Gasteiger partial charge in [0.15, 0.2) is 5.84 Å². The van der Waals surface area contributed by atoms with Crippen molar-refractivity contribution in [3.63, 3.8) is 0 Å². The summed E-state index contributed by atoms with van der Waals surface area (Å²) in [5, 5.41) is 15.2. The SMILES string of the molecule is CCc1cc(Br)ccc1NCc1cccc(/C(N)=N/O)c1. The van der Waals surface area contributed by atoms with Crippen LogP contribution in [0.15, 0.2) is 52.1 Å². The fourth-order valence-electron chi connectivity index (χ4n) is 2.12. The number of aryl methyl sites for hydroxylation is 1. The summed E-state index contributed by atoms with van der Waals surface area (Å²) >= 11 is 3.49. The number of benzene rings is 2. The van der Waals surface area contributed by atoms with Gasteiger partial charge in [0.2, 0.25) is 0 Å². The van der Waals surface area contributed by atoms with Crippen molar-refractivity contribution < 1.29 is 5.21 Å². The first-order valence-electron chi connectivity index (χ1n) is 6.73. The minimum atomic E-state index is 0.120. The molecule has 0 amide bonds. The average Bonchev–Trinajstić information content (AvgIpc) is 2.53. The van der Waals surface area contributed by atoms with Crippen molar-refractivity contribution in [3.05, 3.63) is 63.6 Å². The van der Waals surface area contributed by atoms with Crippen molar-refractivity contribution in [1.29, 1.82) is 0 Å².